The number of esters is 1. The fraction of sp³-hybridized carbons (Fsp3) is 0.857. The van der Waals surface area contributed by atoms with Gasteiger partial charge in [-0.25, -0.2) is 0 Å². The third-order valence-electron chi connectivity index (χ3n) is 1.64. The average molecular weight is 223 g/mol. The van der Waals surface area contributed by atoms with E-state index < -0.39 is 0 Å². The maximum absolute atomic E-state index is 11.2. The predicted molar refractivity (Wildman–Crippen MR) is 43.7 cm³/mol. The molecule has 0 spiro atoms. The van der Waals surface area contributed by atoms with Crippen molar-refractivity contribution in [3.8, 4) is 0 Å². The zero-order valence-electron chi connectivity index (χ0n) is 6.43. The van der Waals surface area contributed by atoms with Crippen molar-refractivity contribution in [3.05, 3.63) is 0 Å². The molecule has 0 aromatic heterocycles. The normalized spacial score (nSPS) is 20.5. The molecule has 64 valence electrons. The van der Waals surface area contributed by atoms with Crippen LogP contribution in [0.2, 0.25) is 0 Å². The first kappa shape index (κ1) is 9.00. The Hall–Kier alpha value is -0.0900. The van der Waals surface area contributed by atoms with Crippen LogP contribution in [0.5, 0.6) is 0 Å². The summed E-state index contributed by atoms with van der Waals surface area (Å²) in [6.45, 7) is 3.28. The lowest BCUT2D eigenvalue weighted by molar-refractivity contribution is -0.181. The zero-order chi connectivity index (χ0) is 8.32. The van der Waals surface area contributed by atoms with Crippen LogP contribution in [0, 0.1) is 5.41 Å². The van der Waals surface area contributed by atoms with Crippen molar-refractivity contribution in [3.63, 3.8) is 0 Å². The van der Waals surface area contributed by atoms with E-state index in [1.807, 2.05) is 6.92 Å². The van der Waals surface area contributed by atoms with Gasteiger partial charge in [0.25, 0.3) is 0 Å². The van der Waals surface area contributed by atoms with Gasteiger partial charge in [-0.05, 0) is 6.92 Å². The number of halogens is 1. The van der Waals surface area contributed by atoms with Crippen LogP contribution in [0.1, 0.15) is 6.92 Å². The Bertz CT molecular complexity index is 154. The van der Waals surface area contributed by atoms with Gasteiger partial charge >= 0.3 is 5.97 Å². The van der Waals surface area contributed by atoms with Crippen LogP contribution < -0.4 is 0 Å². The lowest BCUT2D eigenvalue weighted by Gasteiger charge is -2.35. The molecule has 0 unspecified atom stereocenters. The molecule has 1 rings (SSSR count). The molecule has 0 atom stereocenters. The summed E-state index contributed by atoms with van der Waals surface area (Å²) < 4.78 is 9.86. The molecule has 11 heavy (non-hydrogen) atoms. The molecule has 1 heterocycles. The topological polar surface area (TPSA) is 35.5 Å². The maximum Gasteiger partial charge on any atom is 0.316 e. The highest BCUT2D eigenvalue weighted by atomic mass is 79.9. The van der Waals surface area contributed by atoms with Gasteiger partial charge in [-0.2, -0.15) is 0 Å². The summed E-state index contributed by atoms with van der Waals surface area (Å²) >= 11 is 3.18. The minimum absolute atomic E-state index is 0.150. The van der Waals surface area contributed by atoms with Gasteiger partial charge < -0.3 is 9.47 Å². The molecular formula is C7H11BrO3. The maximum atomic E-state index is 11.2. The van der Waals surface area contributed by atoms with Crippen LogP contribution >= 0.6 is 15.9 Å². The van der Waals surface area contributed by atoms with E-state index in [1.165, 1.54) is 0 Å². The van der Waals surface area contributed by atoms with Gasteiger partial charge in [0.1, 0.15) is 12.0 Å². The molecule has 0 aliphatic carbocycles. The van der Waals surface area contributed by atoms with Crippen molar-refractivity contribution in [2.24, 2.45) is 5.41 Å². The summed E-state index contributed by atoms with van der Waals surface area (Å²) in [6, 6.07) is 0. The standard InChI is InChI=1S/C7H11BrO3/c1-7(4-10-5-7)6(9)11-3-2-8/h2-5H2,1H3. The van der Waals surface area contributed by atoms with Crippen molar-refractivity contribution < 1.29 is 14.3 Å². The number of rotatable bonds is 3. The van der Waals surface area contributed by atoms with Gasteiger partial charge in [0.05, 0.1) is 13.2 Å². The first-order valence-electron chi connectivity index (χ1n) is 3.50. The molecule has 1 saturated heterocycles. The molecule has 0 aromatic rings. The number of carbonyl (C=O) groups is 1. The number of hydrogen-bond acceptors (Lipinski definition) is 3. The van der Waals surface area contributed by atoms with Crippen molar-refractivity contribution >= 4 is 21.9 Å². The Morgan fingerprint density at radius 1 is 1.73 bits per heavy atom. The smallest absolute Gasteiger partial charge is 0.316 e. The molecule has 0 N–H and O–H groups in total. The second kappa shape index (κ2) is 3.54. The van der Waals surface area contributed by atoms with Crippen LogP contribution in [0.4, 0.5) is 0 Å². The van der Waals surface area contributed by atoms with E-state index in [9.17, 15) is 4.79 Å². The molecule has 1 aliphatic rings. The second-order valence-corrected chi connectivity index (χ2v) is 3.67. The first-order valence-corrected chi connectivity index (χ1v) is 4.62. The van der Waals surface area contributed by atoms with E-state index in [0.29, 0.717) is 25.2 Å². The Labute approximate surface area is 74.2 Å². The number of hydrogen-bond donors (Lipinski definition) is 0. The summed E-state index contributed by atoms with van der Waals surface area (Å²) in [5.41, 5.74) is -0.373. The summed E-state index contributed by atoms with van der Waals surface area (Å²) in [5.74, 6) is -0.150. The van der Waals surface area contributed by atoms with E-state index in [1.54, 1.807) is 0 Å². The molecule has 0 radical (unpaired) electrons. The lowest BCUT2D eigenvalue weighted by atomic mass is 9.89. The van der Waals surface area contributed by atoms with Crippen molar-refractivity contribution in [2.45, 2.75) is 6.92 Å². The SMILES string of the molecule is CC1(C(=O)OCCBr)COC1. The van der Waals surface area contributed by atoms with E-state index in [0.717, 1.165) is 0 Å². The molecule has 4 heteroatoms. The van der Waals surface area contributed by atoms with E-state index in [4.69, 9.17) is 9.47 Å². The van der Waals surface area contributed by atoms with Gasteiger partial charge in [-0.3, -0.25) is 4.79 Å². The van der Waals surface area contributed by atoms with Gasteiger partial charge in [0.2, 0.25) is 0 Å². The lowest BCUT2D eigenvalue weighted by Crippen LogP contribution is -2.47. The molecule has 0 saturated carbocycles. The fourth-order valence-electron chi connectivity index (χ4n) is 0.832. The van der Waals surface area contributed by atoms with Gasteiger partial charge in [0.15, 0.2) is 0 Å². The quantitative estimate of drug-likeness (QED) is 0.528. The molecule has 0 bridgehead atoms. The molecule has 0 aromatic carbocycles. The van der Waals surface area contributed by atoms with Crippen LogP contribution in [0.3, 0.4) is 0 Å². The molecular weight excluding hydrogens is 212 g/mol. The third kappa shape index (κ3) is 1.93. The van der Waals surface area contributed by atoms with Gasteiger partial charge in [-0.1, -0.05) is 15.9 Å². The zero-order valence-corrected chi connectivity index (χ0v) is 8.02. The number of carbonyl (C=O) groups excluding carboxylic acids is 1. The van der Waals surface area contributed by atoms with Gasteiger partial charge in [0, 0.05) is 5.33 Å². The minimum atomic E-state index is -0.373. The van der Waals surface area contributed by atoms with Crippen molar-refractivity contribution in [1.82, 2.24) is 0 Å². The summed E-state index contributed by atoms with van der Waals surface area (Å²) in [6.07, 6.45) is 0. The highest BCUT2D eigenvalue weighted by molar-refractivity contribution is 9.09. The second-order valence-electron chi connectivity index (χ2n) is 2.88. The minimum Gasteiger partial charge on any atom is -0.464 e. The Balaban J connectivity index is 2.28. The van der Waals surface area contributed by atoms with Crippen molar-refractivity contribution in [2.75, 3.05) is 25.2 Å². The monoisotopic (exact) mass is 222 g/mol. The summed E-state index contributed by atoms with van der Waals surface area (Å²) in [4.78, 5) is 11.2. The highest BCUT2D eigenvalue weighted by Crippen LogP contribution is 2.27. The highest BCUT2D eigenvalue weighted by Gasteiger charge is 2.42. The molecule has 0 amide bonds. The van der Waals surface area contributed by atoms with Crippen molar-refractivity contribution in [1.29, 1.82) is 0 Å². The predicted octanol–water partition coefficient (Wildman–Crippen LogP) is 0.961. The molecule has 1 fully saturated rings. The first-order chi connectivity index (χ1) is 5.19. The van der Waals surface area contributed by atoms with Gasteiger partial charge in [-0.15, -0.1) is 0 Å². The Morgan fingerprint density at radius 3 is 2.73 bits per heavy atom. The third-order valence-corrected chi connectivity index (χ3v) is 1.97. The fourth-order valence-corrected chi connectivity index (χ4v) is 0.993. The van der Waals surface area contributed by atoms with Crippen LogP contribution in [-0.4, -0.2) is 31.1 Å². The largest absolute Gasteiger partial charge is 0.464 e. The number of ether oxygens (including phenoxy) is 2. The number of alkyl halides is 1. The average Bonchev–Trinajstić information content (AvgIpc) is 1.95. The Kier molecular flexibility index (Phi) is 2.90. The van der Waals surface area contributed by atoms with E-state index in [-0.39, 0.29) is 11.4 Å². The van der Waals surface area contributed by atoms with Crippen LogP contribution in [0.25, 0.3) is 0 Å². The summed E-state index contributed by atoms with van der Waals surface area (Å²) in [5, 5.41) is 0.690. The Morgan fingerprint density at radius 2 is 2.36 bits per heavy atom. The van der Waals surface area contributed by atoms with Crippen LogP contribution in [-0.2, 0) is 14.3 Å². The molecule has 1 aliphatic heterocycles. The van der Waals surface area contributed by atoms with Crippen LogP contribution in [0.15, 0.2) is 0 Å². The van der Waals surface area contributed by atoms with E-state index in [2.05, 4.69) is 15.9 Å². The van der Waals surface area contributed by atoms with E-state index >= 15 is 0 Å². The summed E-state index contributed by atoms with van der Waals surface area (Å²) in [7, 11) is 0. The molecule has 3 nitrogen and oxygen atoms in total.